The zero-order valence-corrected chi connectivity index (χ0v) is 15.5. The van der Waals surface area contributed by atoms with Gasteiger partial charge in [0, 0.05) is 5.56 Å². The molecule has 2 heterocycles. The Kier molecular flexibility index (Phi) is 5.14. The molecule has 1 atom stereocenters. The van der Waals surface area contributed by atoms with E-state index >= 15 is 0 Å². The Balaban J connectivity index is 1.40. The summed E-state index contributed by atoms with van der Waals surface area (Å²) in [6.45, 7) is 2.44. The van der Waals surface area contributed by atoms with Crippen LogP contribution in [0.1, 0.15) is 30.8 Å². The van der Waals surface area contributed by atoms with Gasteiger partial charge in [-0.1, -0.05) is 37.3 Å². The summed E-state index contributed by atoms with van der Waals surface area (Å²) in [6.07, 6.45) is 1.94. The molecule has 1 aromatic heterocycles. The topological polar surface area (TPSA) is 85.5 Å². The van der Waals surface area contributed by atoms with Gasteiger partial charge < -0.3 is 24.5 Å². The number of rotatable bonds is 6. The quantitative estimate of drug-likeness (QED) is 0.671. The van der Waals surface area contributed by atoms with E-state index in [0.29, 0.717) is 18.0 Å². The van der Waals surface area contributed by atoms with Gasteiger partial charge in [0.2, 0.25) is 6.79 Å². The summed E-state index contributed by atoms with van der Waals surface area (Å²) in [6, 6.07) is 15.0. The summed E-state index contributed by atoms with van der Waals surface area (Å²) in [4.78, 5) is 19.9. The minimum absolute atomic E-state index is 0.226. The van der Waals surface area contributed by atoms with Crippen molar-refractivity contribution in [3.63, 3.8) is 0 Å². The number of carbonyl (C=O) groups excluding carboxylic acids is 1. The third-order valence-electron chi connectivity index (χ3n) is 4.52. The van der Waals surface area contributed by atoms with E-state index < -0.39 is 6.09 Å². The molecule has 0 saturated carbocycles. The SMILES string of the molecule is CCC(NC(=O)OCc1ccccc1)c1ncc(-c2ccc3c(c2)OCO3)[nH]1. The lowest BCUT2D eigenvalue weighted by molar-refractivity contribution is 0.135. The highest BCUT2D eigenvalue weighted by Crippen LogP contribution is 2.35. The molecule has 7 heteroatoms. The molecule has 0 spiro atoms. The van der Waals surface area contributed by atoms with Crippen molar-refractivity contribution in [3.05, 3.63) is 66.1 Å². The number of nitrogens with zero attached hydrogens (tertiary/aromatic N) is 1. The van der Waals surface area contributed by atoms with Gasteiger partial charge in [0.05, 0.1) is 17.9 Å². The minimum Gasteiger partial charge on any atom is -0.454 e. The highest BCUT2D eigenvalue weighted by molar-refractivity contribution is 5.68. The normalized spacial score (nSPS) is 13.2. The number of hydrogen-bond donors (Lipinski definition) is 2. The second kappa shape index (κ2) is 8.04. The largest absolute Gasteiger partial charge is 0.454 e. The molecule has 0 fully saturated rings. The Bertz CT molecular complexity index is 955. The fourth-order valence-electron chi connectivity index (χ4n) is 3.00. The van der Waals surface area contributed by atoms with Crippen LogP contribution < -0.4 is 14.8 Å². The van der Waals surface area contributed by atoms with Crippen LogP contribution in [0.5, 0.6) is 11.5 Å². The predicted molar refractivity (Wildman–Crippen MR) is 103 cm³/mol. The summed E-state index contributed by atoms with van der Waals surface area (Å²) < 4.78 is 16.1. The Morgan fingerprint density at radius 2 is 2.04 bits per heavy atom. The Labute approximate surface area is 162 Å². The van der Waals surface area contributed by atoms with Gasteiger partial charge in [-0.3, -0.25) is 0 Å². The molecule has 144 valence electrons. The number of amides is 1. The lowest BCUT2D eigenvalue weighted by atomic mass is 10.1. The van der Waals surface area contributed by atoms with Crippen LogP contribution in [0.2, 0.25) is 0 Å². The molecule has 0 saturated heterocycles. The maximum Gasteiger partial charge on any atom is 0.408 e. The standard InChI is InChI=1S/C21H21N3O4/c1-2-16(24-21(25)26-12-14-6-4-3-5-7-14)20-22-11-17(23-20)15-8-9-18-19(10-15)28-13-27-18/h3-11,16H,2,12-13H2,1H3,(H,22,23)(H,24,25). The Morgan fingerprint density at radius 1 is 1.21 bits per heavy atom. The zero-order valence-electron chi connectivity index (χ0n) is 15.5. The number of hydrogen-bond acceptors (Lipinski definition) is 5. The monoisotopic (exact) mass is 379 g/mol. The average molecular weight is 379 g/mol. The predicted octanol–water partition coefficient (Wildman–Crippen LogP) is 4.18. The van der Waals surface area contributed by atoms with Gasteiger partial charge in [0.1, 0.15) is 12.4 Å². The van der Waals surface area contributed by atoms with E-state index in [1.54, 1.807) is 6.20 Å². The fraction of sp³-hybridized carbons (Fsp3) is 0.238. The number of ether oxygens (including phenoxy) is 3. The van der Waals surface area contributed by atoms with Crippen LogP contribution in [0.3, 0.4) is 0 Å². The highest BCUT2D eigenvalue weighted by Gasteiger charge is 2.19. The first kappa shape index (κ1) is 17.9. The van der Waals surface area contributed by atoms with E-state index in [-0.39, 0.29) is 19.4 Å². The van der Waals surface area contributed by atoms with Gasteiger partial charge >= 0.3 is 6.09 Å². The van der Waals surface area contributed by atoms with E-state index in [2.05, 4.69) is 15.3 Å². The van der Waals surface area contributed by atoms with Gasteiger partial charge in [-0.2, -0.15) is 0 Å². The molecule has 0 bridgehead atoms. The first-order valence-electron chi connectivity index (χ1n) is 9.15. The molecule has 1 aliphatic heterocycles. The minimum atomic E-state index is -0.475. The van der Waals surface area contributed by atoms with Gasteiger partial charge in [0.25, 0.3) is 0 Å². The summed E-state index contributed by atoms with van der Waals surface area (Å²) in [7, 11) is 0. The zero-order chi connectivity index (χ0) is 19.3. The fourth-order valence-corrected chi connectivity index (χ4v) is 3.00. The number of nitrogens with one attached hydrogen (secondary N) is 2. The average Bonchev–Trinajstić information content (AvgIpc) is 3.40. The van der Waals surface area contributed by atoms with Crippen LogP contribution >= 0.6 is 0 Å². The number of alkyl carbamates (subject to hydrolysis) is 1. The van der Waals surface area contributed by atoms with E-state index in [4.69, 9.17) is 14.2 Å². The summed E-state index contributed by atoms with van der Waals surface area (Å²) >= 11 is 0. The van der Waals surface area contributed by atoms with Crippen LogP contribution in [0.15, 0.2) is 54.7 Å². The highest BCUT2D eigenvalue weighted by atomic mass is 16.7. The van der Waals surface area contributed by atoms with Crippen LogP contribution in [0.4, 0.5) is 4.79 Å². The van der Waals surface area contributed by atoms with Crippen molar-refractivity contribution in [1.82, 2.24) is 15.3 Å². The van der Waals surface area contributed by atoms with Crippen LogP contribution in [-0.4, -0.2) is 22.9 Å². The Hall–Kier alpha value is -3.48. The van der Waals surface area contributed by atoms with Gasteiger partial charge in [0.15, 0.2) is 11.5 Å². The van der Waals surface area contributed by atoms with Gasteiger partial charge in [-0.15, -0.1) is 0 Å². The summed E-state index contributed by atoms with van der Waals surface area (Å²) in [5.74, 6) is 2.12. The summed E-state index contributed by atoms with van der Waals surface area (Å²) in [5.41, 5.74) is 2.71. The second-order valence-electron chi connectivity index (χ2n) is 6.42. The number of fused-ring (bicyclic) bond motifs is 1. The van der Waals surface area contributed by atoms with Gasteiger partial charge in [-0.05, 0) is 30.2 Å². The smallest absolute Gasteiger partial charge is 0.408 e. The molecule has 1 aliphatic rings. The van der Waals surface area contributed by atoms with Crippen molar-refractivity contribution < 1.29 is 19.0 Å². The molecule has 2 N–H and O–H groups in total. The van der Waals surface area contributed by atoms with E-state index in [9.17, 15) is 4.79 Å². The van der Waals surface area contributed by atoms with Crippen molar-refractivity contribution in [2.45, 2.75) is 26.0 Å². The number of H-pyrrole nitrogens is 1. The number of aromatic nitrogens is 2. The maximum atomic E-state index is 12.2. The molecular weight excluding hydrogens is 358 g/mol. The first-order chi connectivity index (χ1) is 13.7. The van der Waals surface area contributed by atoms with Crippen molar-refractivity contribution in [2.75, 3.05) is 6.79 Å². The molecule has 1 amide bonds. The van der Waals surface area contributed by atoms with Crippen LogP contribution in [-0.2, 0) is 11.3 Å². The summed E-state index contributed by atoms with van der Waals surface area (Å²) in [5, 5.41) is 2.86. The second-order valence-corrected chi connectivity index (χ2v) is 6.42. The molecule has 3 aromatic rings. The van der Waals surface area contributed by atoms with Crippen molar-refractivity contribution >= 4 is 6.09 Å². The number of imidazole rings is 1. The molecule has 2 aromatic carbocycles. The molecule has 0 radical (unpaired) electrons. The van der Waals surface area contributed by atoms with E-state index in [0.717, 1.165) is 22.6 Å². The third-order valence-corrected chi connectivity index (χ3v) is 4.52. The molecule has 4 rings (SSSR count). The lowest BCUT2D eigenvalue weighted by Gasteiger charge is -2.15. The first-order valence-corrected chi connectivity index (χ1v) is 9.15. The molecule has 0 aliphatic carbocycles. The molecule has 1 unspecified atom stereocenters. The molecular formula is C21H21N3O4. The van der Waals surface area contributed by atoms with Gasteiger partial charge in [-0.25, -0.2) is 9.78 Å². The Morgan fingerprint density at radius 3 is 2.86 bits per heavy atom. The maximum absolute atomic E-state index is 12.2. The van der Waals surface area contributed by atoms with Crippen LogP contribution in [0.25, 0.3) is 11.3 Å². The molecule has 28 heavy (non-hydrogen) atoms. The van der Waals surface area contributed by atoms with Crippen LogP contribution in [0, 0.1) is 0 Å². The number of benzene rings is 2. The number of carbonyl (C=O) groups is 1. The third kappa shape index (κ3) is 3.93. The number of aromatic amines is 1. The molecule has 7 nitrogen and oxygen atoms in total. The van der Waals surface area contributed by atoms with E-state index in [1.807, 2.05) is 55.5 Å². The van der Waals surface area contributed by atoms with E-state index in [1.165, 1.54) is 0 Å². The van der Waals surface area contributed by atoms with Crippen molar-refractivity contribution in [2.24, 2.45) is 0 Å². The van der Waals surface area contributed by atoms with Crippen molar-refractivity contribution in [3.8, 4) is 22.8 Å². The lowest BCUT2D eigenvalue weighted by Crippen LogP contribution is -2.29. The van der Waals surface area contributed by atoms with Crippen molar-refractivity contribution in [1.29, 1.82) is 0 Å².